The van der Waals surface area contributed by atoms with Gasteiger partial charge in [0.1, 0.15) is 6.54 Å². The zero-order chi connectivity index (χ0) is 11.4. The summed E-state index contributed by atoms with van der Waals surface area (Å²) in [6.07, 6.45) is 3.63. The second-order valence-corrected chi connectivity index (χ2v) is 4.60. The Morgan fingerprint density at radius 3 is 3.06 bits per heavy atom. The molecule has 88 valence electrons. The van der Waals surface area contributed by atoms with E-state index in [9.17, 15) is 4.79 Å². The molecule has 2 aliphatic rings. The smallest absolute Gasteiger partial charge is 0.235 e. The molecule has 0 aromatic carbocycles. The molecule has 2 fully saturated rings. The molecule has 0 spiro atoms. The molecular formula is C11H18N4O. The monoisotopic (exact) mass is 222 g/mol. The van der Waals surface area contributed by atoms with Gasteiger partial charge in [-0.25, -0.2) is 0 Å². The van der Waals surface area contributed by atoms with Crippen molar-refractivity contribution in [3.8, 4) is 6.07 Å². The Bertz CT molecular complexity index is 299. The molecule has 2 N–H and O–H groups in total. The van der Waals surface area contributed by atoms with Gasteiger partial charge in [-0.3, -0.25) is 9.69 Å². The Morgan fingerprint density at radius 2 is 2.25 bits per heavy atom. The number of hydrogen-bond acceptors (Lipinski definition) is 4. The van der Waals surface area contributed by atoms with E-state index >= 15 is 0 Å². The van der Waals surface area contributed by atoms with Crippen LogP contribution in [-0.2, 0) is 4.79 Å². The maximum Gasteiger partial charge on any atom is 0.235 e. The summed E-state index contributed by atoms with van der Waals surface area (Å²) in [4.78, 5) is 13.6. The third kappa shape index (κ3) is 2.94. The Balaban J connectivity index is 1.77. The topological polar surface area (TPSA) is 68.2 Å². The predicted octanol–water partition coefficient (Wildman–Crippen LogP) is -0.548. The maximum atomic E-state index is 11.5. The van der Waals surface area contributed by atoms with Crippen molar-refractivity contribution in [3.63, 3.8) is 0 Å². The molecule has 0 aliphatic carbocycles. The van der Waals surface area contributed by atoms with Crippen LogP contribution in [0.3, 0.4) is 0 Å². The van der Waals surface area contributed by atoms with Crippen LogP contribution in [0.4, 0.5) is 0 Å². The highest BCUT2D eigenvalue weighted by atomic mass is 16.2. The number of carbonyl (C=O) groups is 1. The summed E-state index contributed by atoms with van der Waals surface area (Å²) in [5, 5.41) is 14.5. The minimum Gasteiger partial charge on any atom is -0.342 e. The summed E-state index contributed by atoms with van der Waals surface area (Å²) < 4.78 is 0. The molecule has 0 saturated carbocycles. The SMILES string of the molecule is N#CCNC(=O)CN1CCC2CCC(C1)N2. The molecule has 0 aromatic rings. The number of hydrogen-bond donors (Lipinski definition) is 2. The predicted molar refractivity (Wildman–Crippen MR) is 59.6 cm³/mol. The lowest BCUT2D eigenvalue weighted by atomic mass is 10.1. The van der Waals surface area contributed by atoms with Crippen LogP contribution in [0.25, 0.3) is 0 Å². The van der Waals surface area contributed by atoms with Crippen molar-refractivity contribution in [1.82, 2.24) is 15.5 Å². The number of nitrogens with one attached hydrogen (secondary N) is 2. The molecule has 2 heterocycles. The first-order valence-electron chi connectivity index (χ1n) is 5.90. The average molecular weight is 222 g/mol. The van der Waals surface area contributed by atoms with E-state index in [1.54, 1.807) is 0 Å². The fourth-order valence-corrected chi connectivity index (χ4v) is 2.56. The molecule has 2 bridgehead atoms. The standard InChI is InChI=1S/C11H18N4O/c12-4-5-13-11(16)8-15-6-3-9-1-2-10(7-15)14-9/h9-10,14H,1-3,5-8H2,(H,13,16). The fraction of sp³-hybridized carbons (Fsp3) is 0.818. The first-order valence-corrected chi connectivity index (χ1v) is 5.90. The molecule has 0 aromatic heterocycles. The van der Waals surface area contributed by atoms with Gasteiger partial charge in [0.15, 0.2) is 0 Å². The molecule has 0 radical (unpaired) electrons. The summed E-state index contributed by atoms with van der Waals surface area (Å²) in [6, 6.07) is 3.11. The highest BCUT2D eigenvalue weighted by molar-refractivity contribution is 5.78. The van der Waals surface area contributed by atoms with Crippen LogP contribution in [0.1, 0.15) is 19.3 Å². The van der Waals surface area contributed by atoms with Gasteiger partial charge in [0.2, 0.25) is 5.91 Å². The van der Waals surface area contributed by atoms with Crippen molar-refractivity contribution in [1.29, 1.82) is 5.26 Å². The summed E-state index contributed by atoms with van der Waals surface area (Å²) in [5.41, 5.74) is 0. The van der Waals surface area contributed by atoms with E-state index in [0.29, 0.717) is 18.6 Å². The average Bonchev–Trinajstić information content (AvgIpc) is 2.60. The lowest BCUT2D eigenvalue weighted by molar-refractivity contribution is -0.122. The lowest BCUT2D eigenvalue weighted by Crippen LogP contribution is -2.41. The van der Waals surface area contributed by atoms with Crippen LogP contribution in [0.5, 0.6) is 0 Å². The van der Waals surface area contributed by atoms with Crippen molar-refractivity contribution < 1.29 is 4.79 Å². The minimum atomic E-state index is -0.0423. The molecular weight excluding hydrogens is 204 g/mol. The third-order valence-electron chi connectivity index (χ3n) is 3.34. The van der Waals surface area contributed by atoms with Gasteiger partial charge in [0.05, 0.1) is 12.6 Å². The molecule has 5 nitrogen and oxygen atoms in total. The normalized spacial score (nSPS) is 29.4. The van der Waals surface area contributed by atoms with Crippen LogP contribution < -0.4 is 10.6 Å². The number of rotatable bonds is 3. The first kappa shape index (κ1) is 11.4. The van der Waals surface area contributed by atoms with E-state index in [1.807, 2.05) is 6.07 Å². The highest BCUT2D eigenvalue weighted by Gasteiger charge is 2.29. The van der Waals surface area contributed by atoms with Gasteiger partial charge in [-0.2, -0.15) is 5.26 Å². The van der Waals surface area contributed by atoms with Crippen molar-refractivity contribution >= 4 is 5.91 Å². The Hall–Kier alpha value is -1.12. The molecule has 2 unspecified atom stereocenters. The highest BCUT2D eigenvalue weighted by Crippen LogP contribution is 2.19. The fourth-order valence-electron chi connectivity index (χ4n) is 2.56. The van der Waals surface area contributed by atoms with Crippen molar-refractivity contribution in [2.45, 2.75) is 31.3 Å². The second-order valence-electron chi connectivity index (χ2n) is 4.60. The summed E-state index contributed by atoms with van der Waals surface area (Å²) in [5.74, 6) is -0.0423. The number of amides is 1. The van der Waals surface area contributed by atoms with Gasteiger partial charge < -0.3 is 10.6 Å². The van der Waals surface area contributed by atoms with Crippen molar-refractivity contribution in [3.05, 3.63) is 0 Å². The first-order chi connectivity index (χ1) is 7.78. The molecule has 5 heteroatoms. The quantitative estimate of drug-likeness (QED) is 0.629. The molecule has 2 atom stereocenters. The van der Waals surface area contributed by atoms with E-state index in [2.05, 4.69) is 15.5 Å². The van der Waals surface area contributed by atoms with Crippen LogP contribution in [-0.4, -0.2) is 49.1 Å². The number of fused-ring (bicyclic) bond motifs is 2. The zero-order valence-electron chi connectivity index (χ0n) is 9.41. The summed E-state index contributed by atoms with van der Waals surface area (Å²) in [7, 11) is 0. The molecule has 2 saturated heterocycles. The van der Waals surface area contributed by atoms with E-state index < -0.39 is 0 Å². The van der Waals surface area contributed by atoms with Gasteiger partial charge in [-0.15, -0.1) is 0 Å². The van der Waals surface area contributed by atoms with Gasteiger partial charge in [-0.1, -0.05) is 0 Å². The molecule has 2 rings (SSSR count). The molecule has 2 aliphatic heterocycles. The number of nitriles is 1. The number of likely N-dealkylation sites (tertiary alicyclic amines) is 1. The van der Waals surface area contributed by atoms with Crippen LogP contribution >= 0.6 is 0 Å². The minimum absolute atomic E-state index is 0.0423. The van der Waals surface area contributed by atoms with Gasteiger partial charge in [0.25, 0.3) is 0 Å². The molecule has 1 amide bonds. The van der Waals surface area contributed by atoms with E-state index in [4.69, 9.17) is 5.26 Å². The van der Waals surface area contributed by atoms with E-state index in [1.165, 1.54) is 12.8 Å². The van der Waals surface area contributed by atoms with Gasteiger partial charge in [-0.05, 0) is 19.3 Å². The van der Waals surface area contributed by atoms with Gasteiger partial charge >= 0.3 is 0 Å². The maximum absolute atomic E-state index is 11.5. The Kier molecular flexibility index (Phi) is 3.75. The van der Waals surface area contributed by atoms with Crippen LogP contribution in [0.2, 0.25) is 0 Å². The molecule has 16 heavy (non-hydrogen) atoms. The lowest BCUT2D eigenvalue weighted by Gasteiger charge is -2.22. The number of carbonyl (C=O) groups excluding carboxylic acids is 1. The second kappa shape index (κ2) is 5.28. The third-order valence-corrected chi connectivity index (χ3v) is 3.34. The van der Waals surface area contributed by atoms with Crippen LogP contribution in [0.15, 0.2) is 0 Å². The zero-order valence-corrected chi connectivity index (χ0v) is 9.41. The van der Waals surface area contributed by atoms with Gasteiger partial charge in [0, 0.05) is 25.2 Å². The van der Waals surface area contributed by atoms with Crippen molar-refractivity contribution in [2.24, 2.45) is 0 Å². The summed E-state index contributed by atoms with van der Waals surface area (Å²) in [6.45, 7) is 2.47. The van der Waals surface area contributed by atoms with Crippen LogP contribution in [0, 0.1) is 11.3 Å². The Labute approximate surface area is 95.8 Å². The summed E-state index contributed by atoms with van der Waals surface area (Å²) >= 11 is 0. The van der Waals surface area contributed by atoms with E-state index in [-0.39, 0.29) is 12.5 Å². The largest absolute Gasteiger partial charge is 0.342 e. The Morgan fingerprint density at radius 1 is 1.44 bits per heavy atom. The number of nitrogens with zero attached hydrogens (tertiary/aromatic N) is 2. The van der Waals surface area contributed by atoms with E-state index in [0.717, 1.165) is 19.5 Å². The van der Waals surface area contributed by atoms with Crippen molar-refractivity contribution in [2.75, 3.05) is 26.2 Å².